The highest BCUT2D eigenvalue weighted by Gasteiger charge is 2.34. The van der Waals surface area contributed by atoms with E-state index < -0.39 is 5.92 Å². The number of nitrogens with zero attached hydrogens (tertiary/aromatic N) is 4. The Morgan fingerprint density at radius 2 is 1.97 bits per heavy atom. The van der Waals surface area contributed by atoms with E-state index in [4.69, 9.17) is 5.73 Å². The second kappa shape index (κ2) is 10.3. The number of carbonyl (C=O) groups excluding carboxylic acids is 3. The van der Waals surface area contributed by atoms with Gasteiger partial charge in [-0.15, -0.1) is 0 Å². The van der Waals surface area contributed by atoms with Gasteiger partial charge in [0.1, 0.15) is 0 Å². The molecule has 190 valence electrons. The van der Waals surface area contributed by atoms with Crippen molar-refractivity contribution in [3.63, 3.8) is 0 Å². The first kappa shape index (κ1) is 24.8. The number of aliphatic imine (C=N–C) groups is 1. The van der Waals surface area contributed by atoms with Crippen molar-refractivity contribution in [2.45, 2.75) is 57.5 Å². The van der Waals surface area contributed by atoms with E-state index in [1.807, 2.05) is 21.7 Å². The maximum absolute atomic E-state index is 13.3. The molecule has 0 spiro atoms. The molecular formula is C26H31BrN6O3. The molecule has 10 heteroatoms. The van der Waals surface area contributed by atoms with Crippen molar-refractivity contribution < 1.29 is 14.4 Å². The number of halogens is 1. The summed E-state index contributed by atoms with van der Waals surface area (Å²) in [5.41, 5.74) is 8.51. The Morgan fingerprint density at radius 3 is 2.72 bits per heavy atom. The van der Waals surface area contributed by atoms with Crippen LogP contribution in [-0.4, -0.2) is 63.8 Å². The van der Waals surface area contributed by atoms with Gasteiger partial charge in [-0.05, 0) is 62.9 Å². The van der Waals surface area contributed by atoms with Crippen LogP contribution in [-0.2, 0) is 9.59 Å². The first-order chi connectivity index (χ1) is 17.3. The van der Waals surface area contributed by atoms with Gasteiger partial charge in [0.15, 0.2) is 0 Å². The van der Waals surface area contributed by atoms with Gasteiger partial charge in [0.05, 0.1) is 35.3 Å². The number of likely N-dealkylation sites (tertiary alicyclic amines) is 1. The van der Waals surface area contributed by atoms with Crippen LogP contribution >= 0.6 is 15.9 Å². The minimum absolute atomic E-state index is 0.125. The number of nitrogens with two attached hydrogens (primary N) is 1. The van der Waals surface area contributed by atoms with Crippen LogP contribution in [0.3, 0.4) is 0 Å². The van der Waals surface area contributed by atoms with Gasteiger partial charge in [-0.2, -0.15) is 5.10 Å². The number of hydrogen-bond donors (Lipinski definition) is 2. The monoisotopic (exact) mass is 554 g/mol. The van der Waals surface area contributed by atoms with Crippen LogP contribution < -0.4 is 11.1 Å². The number of dihydropyridines is 1. The van der Waals surface area contributed by atoms with E-state index >= 15 is 0 Å². The number of rotatable bonds is 7. The summed E-state index contributed by atoms with van der Waals surface area (Å²) in [5.74, 6) is -1.48. The van der Waals surface area contributed by atoms with E-state index in [2.05, 4.69) is 31.3 Å². The molecule has 1 aromatic heterocycles. The van der Waals surface area contributed by atoms with E-state index in [9.17, 15) is 14.4 Å². The van der Waals surface area contributed by atoms with E-state index in [1.54, 1.807) is 19.2 Å². The number of carbonyl (C=O) groups is 3. The highest BCUT2D eigenvalue weighted by Crippen LogP contribution is 2.34. The van der Waals surface area contributed by atoms with Gasteiger partial charge >= 0.3 is 0 Å². The molecule has 1 saturated carbocycles. The Hall–Kier alpha value is -2.85. The molecule has 1 saturated heterocycles. The molecule has 2 aromatic rings. The van der Waals surface area contributed by atoms with E-state index in [0.29, 0.717) is 23.9 Å². The predicted molar refractivity (Wildman–Crippen MR) is 141 cm³/mol. The van der Waals surface area contributed by atoms with Crippen molar-refractivity contribution in [1.82, 2.24) is 20.0 Å². The molecule has 2 fully saturated rings. The summed E-state index contributed by atoms with van der Waals surface area (Å²) in [4.78, 5) is 44.2. The van der Waals surface area contributed by atoms with Gasteiger partial charge < -0.3 is 11.1 Å². The Labute approximate surface area is 218 Å². The zero-order valence-corrected chi connectivity index (χ0v) is 22.0. The summed E-state index contributed by atoms with van der Waals surface area (Å²) in [6.45, 7) is 3.10. The van der Waals surface area contributed by atoms with Crippen molar-refractivity contribution >= 4 is 50.3 Å². The summed E-state index contributed by atoms with van der Waals surface area (Å²) in [7, 11) is 0. The Bertz CT molecular complexity index is 1280. The SMILES string of the molecule is CC1=NC(=O)C(CNC(=O)c2cc(Br)cc3c2cnn3C2CCCC2)C(CN2CCC[C@@H]2C(N)=O)=C1. The summed E-state index contributed by atoms with van der Waals surface area (Å²) < 4.78 is 2.85. The van der Waals surface area contributed by atoms with Crippen molar-refractivity contribution in [3.8, 4) is 0 Å². The summed E-state index contributed by atoms with van der Waals surface area (Å²) in [5, 5.41) is 8.37. The fourth-order valence-corrected chi connectivity index (χ4v) is 6.23. The van der Waals surface area contributed by atoms with Crippen LogP contribution in [0.2, 0.25) is 0 Å². The van der Waals surface area contributed by atoms with Crippen LogP contribution in [0, 0.1) is 5.92 Å². The molecule has 0 radical (unpaired) electrons. The minimum Gasteiger partial charge on any atom is -0.368 e. The quantitative estimate of drug-likeness (QED) is 0.544. The smallest absolute Gasteiger partial charge is 0.254 e. The normalized spacial score (nSPS) is 23.2. The maximum atomic E-state index is 13.3. The van der Waals surface area contributed by atoms with Gasteiger partial charge in [-0.3, -0.25) is 24.0 Å². The molecule has 2 aliphatic heterocycles. The zero-order chi connectivity index (χ0) is 25.4. The van der Waals surface area contributed by atoms with E-state index in [-0.39, 0.29) is 30.3 Å². The topological polar surface area (TPSA) is 123 Å². The van der Waals surface area contributed by atoms with Crippen LogP contribution in [0.25, 0.3) is 10.9 Å². The number of amides is 3. The highest BCUT2D eigenvalue weighted by atomic mass is 79.9. The third kappa shape index (κ3) is 4.88. The molecule has 3 heterocycles. The summed E-state index contributed by atoms with van der Waals surface area (Å²) in [6.07, 6.45) is 9.83. The summed E-state index contributed by atoms with van der Waals surface area (Å²) >= 11 is 3.55. The van der Waals surface area contributed by atoms with Crippen molar-refractivity contribution in [2.75, 3.05) is 19.6 Å². The lowest BCUT2D eigenvalue weighted by atomic mass is 9.93. The lowest BCUT2D eigenvalue weighted by Crippen LogP contribution is -2.44. The average Bonchev–Trinajstić information content (AvgIpc) is 3.58. The van der Waals surface area contributed by atoms with E-state index in [1.165, 1.54) is 12.8 Å². The first-order valence-corrected chi connectivity index (χ1v) is 13.4. The van der Waals surface area contributed by atoms with Gasteiger partial charge in [0.2, 0.25) is 5.91 Å². The largest absolute Gasteiger partial charge is 0.368 e. The standard InChI is InChI=1S/C26H31BrN6O3/c1-15-9-16(14-32-8-4-7-22(32)24(28)34)20(26(36)31-15)12-29-25(35)19-10-17(27)11-23-21(19)13-30-33(23)18-5-2-3-6-18/h9-11,13,18,20,22H,2-8,12,14H2,1H3,(H2,28,34)(H,29,35)/t20?,22-/m1/s1. The molecule has 1 unspecified atom stereocenters. The highest BCUT2D eigenvalue weighted by molar-refractivity contribution is 9.10. The fourth-order valence-electron chi connectivity index (χ4n) is 5.79. The van der Waals surface area contributed by atoms with E-state index in [0.717, 1.165) is 53.2 Å². The molecule has 3 aliphatic rings. The number of primary amides is 1. The lowest BCUT2D eigenvalue weighted by molar-refractivity contribution is -0.122. The van der Waals surface area contributed by atoms with Gasteiger partial charge in [-0.25, -0.2) is 4.99 Å². The van der Waals surface area contributed by atoms with Crippen LogP contribution in [0.1, 0.15) is 61.8 Å². The molecule has 1 aliphatic carbocycles. The third-order valence-corrected chi connectivity index (χ3v) is 8.03. The Kier molecular flexibility index (Phi) is 7.07. The number of hydrogen-bond acceptors (Lipinski definition) is 5. The first-order valence-electron chi connectivity index (χ1n) is 12.6. The molecule has 3 N–H and O–H groups in total. The second-order valence-corrected chi connectivity index (χ2v) is 10.9. The molecule has 5 rings (SSSR count). The average molecular weight is 555 g/mol. The van der Waals surface area contributed by atoms with Crippen molar-refractivity contribution in [1.29, 1.82) is 0 Å². The van der Waals surface area contributed by atoms with Crippen LogP contribution in [0.4, 0.5) is 0 Å². The molecule has 9 nitrogen and oxygen atoms in total. The van der Waals surface area contributed by atoms with Crippen molar-refractivity contribution in [2.24, 2.45) is 16.6 Å². The molecule has 2 atom stereocenters. The van der Waals surface area contributed by atoms with Crippen LogP contribution in [0.15, 0.2) is 39.4 Å². The number of allylic oxidation sites excluding steroid dienone is 1. The number of nitrogens with one attached hydrogen (secondary N) is 1. The second-order valence-electron chi connectivity index (χ2n) is 10.0. The van der Waals surface area contributed by atoms with Crippen LogP contribution in [0.5, 0.6) is 0 Å². The predicted octanol–water partition coefficient (Wildman–Crippen LogP) is 3.14. The molecule has 36 heavy (non-hydrogen) atoms. The third-order valence-electron chi connectivity index (χ3n) is 7.57. The number of fused-ring (bicyclic) bond motifs is 1. The molecule has 1 aromatic carbocycles. The Morgan fingerprint density at radius 1 is 1.19 bits per heavy atom. The van der Waals surface area contributed by atoms with Gasteiger partial charge in [0, 0.05) is 28.7 Å². The molecule has 3 amide bonds. The number of benzene rings is 1. The Balaban J connectivity index is 1.34. The maximum Gasteiger partial charge on any atom is 0.254 e. The zero-order valence-electron chi connectivity index (χ0n) is 20.4. The molecule has 0 bridgehead atoms. The van der Waals surface area contributed by atoms with Gasteiger partial charge in [0.25, 0.3) is 11.8 Å². The minimum atomic E-state index is -0.587. The van der Waals surface area contributed by atoms with Gasteiger partial charge in [-0.1, -0.05) is 28.8 Å². The summed E-state index contributed by atoms with van der Waals surface area (Å²) in [6, 6.07) is 3.82. The lowest BCUT2D eigenvalue weighted by Gasteiger charge is -2.28. The van der Waals surface area contributed by atoms with Crippen molar-refractivity contribution in [3.05, 3.63) is 40.0 Å². The fraction of sp³-hybridized carbons (Fsp3) is 0.500. The molecular weight excluding hydrogens is 524 g/mol. The number of aromatic nitrogens is 2.